The Morgan fingerprint density at radius 2 is 2.00 bits per heavy atom. The van der Waals surface area contributed by atoms with Crippen molar-refractivity contribution in [3.05, 3.63) is 47.3 Å². The monoisotopic (exact) mass is 364 g/mol. The highest BCUT2D eigenvalue weighted by Gasteiger charge is 2.36. The molecule has 2 N–H and O–H groups in total. The van der Waals surface area contributed by atoms with Crippen molar-refractivity contribution < 1.29 is 18.0 Å². The number of halogens is 3. The molecule has 1 saturated heterocycles. The zero-order valence-corrected chi connectivity index (χ0v) is 14.0. The van der Waals surface area contributed by atoms with Gasteiger partial charge in [0.05, 0.1) is 28.7 Å². The number of benzene rings is 1. The van der Waals surface area contributed by atoms with Gasteiger partial charge in [0.1, 0.15) is 0 Å². The van der Waals surface area contributed by atoms with Crippen molar-refractivity contribution in [2.75, 3.05) is 13.1 Å². The Hall–Kier alpha value is -2.35. The molecule has 8 heteroatoms. The van der Waals surface area contributed by atoms with Crippen molar-refractivity contribution >= 4 is 5.91 Å². The van der Waals surface area contributed by atoms with Crippen LogP contribution in [0.1, 0.15) is 46.8 Å². The minimum absolute atomic E-state index is 0.0261. The highest BCUT2D eigenvalue weighted by Crippen LogP contribution is 2.43. The summed E-state index contributed by atoms with van der Waals surface area (Å²) in [5, 5.41) is 4.25. The summed E-state index contributed by atoms with van der Waals surface area (Å²) in [7, 11) is 0. The first-order chi connectivity index (χ1) is 12.3. The number of carbonyl (C=O) groups excluding carboxylic acids is 1. The fraction of sp³-hybridized carbons (Fsp3) is 0.444. The summed E-state index contributed by atoms with van der Waals surface area (Å²) >= 11 is 0. The molecule has 2 fully saturated rings. The van der Waals surface area contributed by atoms with Crippen molar-refractivity contribution in [1.82, 2.24) is 14.7 Å². The van der Waals surface area contributed by atoms with Crippen molar-refractivity contribution in [2.24, 2.45) is 5.73 Å². The Bertz CT molecular complexity index is 841. The van der Waals surface area contributed by atoms with E-state index in [1.54, 1.807) is 11.0 Å². The van der Waals surface area contributed by atoms with Gasteiger partial charge in [-0.2, -0.15) is 18.3 Å². The number of nitrogens with zero attached hydrogens (tertiary/aromatic N) is 3. The van der Waals surface area contributed by atoms with Crippen LogP contribution in [0.3, 0.4) is 0 Å². The van der Waals surface area contributed by atoms with Crippen LogP contribution in [-0.4, -0.2) is 39.7 Å². The number of alkyl halides is 3. The molecule has 5 nitrogen and oxygen atoms in total. The van der Waals surface area contributed by atoms with Gasteiger partial charge in [-0.3, -0.25) is 4.79 Å². The maximum absolute atomic E-state index is 13.0. The molecule has 2 aromatic rings. The standard InChI is InChI=1S/C18H19F3N4O/c19-18(20,21)12-2-1-3-14(8-12)25-16(11-4-5-11)15(9-23-25)17(26)24-7-6-13(22)10-24/h1-3,8-9,11,13H,4-7,10,22H2/t13-/m1/s1. The van der Waals surface area contributed by atoms with E-state index < -0.39 is 11.7 Å². The van der Waals surface area contributed by atoms with Gasteiger partial charge in [0.2, 0.25) is 0 Å². The van der Waals surface area contributed by atoms with Crippen molar-refractivity contribution in [3.8, 4) is 5.69 Å². The van der Waals surface area contributed by atoms with Crippen LogP contribution in [0.4, 0.5) is 13.2 Å². The second-order valence-corrected chi connectivity index (χ2v) is 6.98. The number of aromatic nitrogens is 2. The highest BCUT2D eigenvalue weighted by atomic mass is 19.4. The van der Waals surface area contributed by atoms with E-state index in [2.05, 4.69) is 5.10 Å². The third kappa shape index (κ3) is 3.09. The highest BCUT2D eigenvalue weighted by molar-refractivity contribution is 5.95. The van der Waals surface area contributed by atoms with Gasteiger partial charge in [-0.25, -0.2) is 4.68 Å². The number of hydrogen-bond acceptors (Lipinski definition) is 3. The maximum atomic E-state index is 13.0. The number of hydrogen-bond donors (Lipinski definition) is 1. The third-order valence-corrected chi connectivity index (χ3v) is 4.93. The Morgan fingerprint density at radius 1 is 1.23 bits per heavy atom. The maximum Gasteiger partial charge on any atom is 0.416 e. The fourth-order valence-corrected chi connectivity index (χ4v) is 3.43. The second kappa shape index (κ2) is 6.12. The third-order valence-electron chi connectivity index (χ3n) is 4.93. The first-order valence-electron chi connectivity index (χ1n) is 8.65. The lowest BCUT2D eigenvalue weighted by molar-refractivity contribution is -0.137. The minimum atomic E-state index is -4.42. The van der Waals surface area contributed by atoms with Gasteiger partial charge in [0.15, 0.2) is 0 Å². The van der Waals surface area contributed by atoms with Crippen LogP contribution in [0.2, 0.25) is 0 Å². The summed E-state index contributed by atoms with van der Waals surface area (Å²) in [6.45, 7) is 1.09. The zero-order chi connectivity index (χ0) is 18.5. The van der Waals surface area contributed by atoms with Gasteiger partial charge >= 0.3 is 6.18 Å². The van der Waals surface area contributed by atoms with Crippen LogP contribution in [0.15, 0.2) is 30.5 Å². The van der Waals surface area contributed by atoms with Crippen LogP contribution >= 0.6 is 0 Å². The summed E-state index contributed by atoms with van der Waals surface area (Å²) in [6.07, 6.45) is -0.380. The summed E-state index contributed by atoms with van der Waals surface area (Å²) in [4.78, 5) is 14.6. The molecule has 2 aliphatic rings. The molecule has 1 amide bonds. The Kier molecular flexibility index (Phi) is 4.02. The van der Waals surface area contributed by atoms with Crippen LogP contribution in [0, 0.1) is 0 Å². The molecule has 2 heterocycles. The van der Waals surface area contributed by atoms with E-state index in [9.17, 15) is 18.0 Å². The van der Waals surface area contributed by atoms with Crippen molar-refractivity contribution in [3.63, 3.8) is 0 Å². The average Bonchev–Trinajstić information content (AvgIpc) is 3.19. The molecule has 1 aromatic heterocycles. The molecular weight excluding hydrogens is 345 g/mol. The summed E-state index contributed by atoms with van der Waals surface area (Å²) in [5.74, 6) is 0.0142. The van der Waals surface area contributed by atoms with Crippen molar-refractivity contribution in [1.29, 1.82) is 0 Å². The Morgan fingerprint density at radius 3 is 2.62 bits per heavy atom. The lowest BCUT2D eigenvalue weighted by Crippen LogP contribution is -2.32. The first-order valence-corrected chi connectivity index (χ1v) is 8.65. The number of rotatable bonds is 3. The fourth-order valence-electron chi connectivity index (χ4n) is 3.43. The van der Waals surface area contributed by atoms with Crippen LogP contribution in [-0.2, 0) is 6.18 Å². The molecule has 0 unspecified atom stereocenters. The summed E-state index contributed by atoms with van der Waals surface area (Å²) < 4.78 is 40.6. The van der Waals surface area contributed by atoms with Crippen LogP contribution < -0.4 is 5.73 Å². The van der Waals surface area contributed by atoms with E-state index in [1.165, 1.54) is 16.9 Å². The van der Waals surface area contributed by atoms with Gasteiger partial charge in [0, 0.05) is 25.0 Å². The van der Waals surface area contributed by atoms with Gasteiger partial charge in [-0.1, -0.05) is 6.07 Å². The topological polar surface area (TPSA) is 64.2 Å². The molecule has 1 aliphatic heterocycles. The molecule has 1 aromatic carbocycles. The zero-order valence-electron chi connectivity index (χ0n) is 14.0. The molecule has 0 radical (unpaired) electrons. The van der Waals surface area contributed by atoms with E-state index in [4.69, 9.17) is 5.73 Å². The molecule has 0 bridgehead atoms. The Labute approximate surface area is 148 Å². The number of carbonyl (C=O) groups is 1. The molecule has 138 valence electrons. The Balaban J connectivity index is 1.72. The quantitative estimate of drug-likeness (QED) is 0.911. The first kappa shape index (κ1) is 17.1. The average molecular weight is 364 g/mol. The number of likely N-dealkylation sites (tertiary alicyclic amines) is 1. The summed E-state index contributed by atoms with van der Waals surface area (Å²) in [6, 6.07) is 5.01. The molecule has 26 heavy (non-hydrogen) atoms. The molecule has 1 saturated carbocycles. The van der Waals surface area contributed by atoms with E-state index in [0.717, 1.165) is 31.4 Å². The largest absolute Gasteiger partial charge is 0.416 e. The van der Waals surface area contributed by atoms with Crippen LogP contribution in [0.25, 0.3) is 5.69 Å². The van der Waals surface area contributed by atoms with Crippen molar-refractivity contribution in [2.45, 2.75) is 37.4 Å². The van der Waals surface area contributed by atoms with E-state index >= 15 is 0 Å². The summed E-state index contributed by atoms with van der Waals surface area (Å²) in [5.41, 5.74) is 6.65. The predicted molar refractivity (Wildman–Crippen MR) is 89.0 cm³/mol. The SMILES string of the molecule is N[C@@H]1CCN(C(=O)c2cnn(-c3cccc(C(F)(F)F)c3)c2C2CC2)C1. The molecule has 1 atom stereocenters. The number of amides is 1. The van der Waals surface area contributed by atoms with Gasteiger partial charge in [-0.05, 0) is 37.5 Å². The molecular formula is C18H19F3N4O. The van der Waals surface area contributed by atoms with Gasteiger partial charge in [0.25, 0.3) is 5.91 Å². The van der Waals surface area contributed by atoms with Gasteiger partial charge < -0.3 is 10.6 Å². The molecule has 1 aliphatic carbocycles. The minimum Gasteiger partial charge on any atom is -0.337 e. The lowest BCUT2D eigenvalue weighted by Gasteiger charge is -2.16. The smallest absolute Gasteiger partial charge is 0.337 e. The van der Waals surface area contributed by atoms with E-state index in [1.807, 2.05) is 0 Å². The second-order valence-electron chi connectivity index (χ2n) is 6.98. The lowest BCUT2D eigenvalue weighted by atomic mass is 10.1. The number of nitrogens with two attached hydrogens (primary N) is 1. The molecule has 0 spiro atoms. The van der Waals surface area contributed by atoms with Crippen LogP contribution in [0.5, 0.6) is 0 Å². The molecule has 4 rings (SSSR count). The van der Waals surface area contributed by atoms with Gasteiger partial charge in [-0.15, -0.1) is 0 Å². The predicted octanol–water partition coefficient (Wildman–Crippen LogP) is 2.94. The van der Waals surface area contributed by atoms with E-state index in [-0.39, 0.29) is 17.9 Å². The van der Waals surface area contributed by atoms with E-state index in [0.29, 0.717) is 30.0 Å². The normalized spacial score (nSPS) is 20.6.